The number of hydrogen-bond acceptors (Lipinski definition) is 6. The summed E-state index contributed by atoms with van der Waals surface area (Å²) in [6.45, 7) is 4.10. The molecule has 1 saturated heterocycles. The van der Waals surface area contributed by atoms with Crippen LogP contribution in [0.25, 0.3) is 0 Å². The van der Waals surface area contributed by atoms with Crippen LogP contribution in [0.5, 0.6) is 0 Å². The second-order valence-corrected chi connectivity index (χ2v) is 5.14. The quantitative estimate of drug-likeness (QED) is 0.452. The molecule has 0 aromatic carbocycles. The van der Waals surface area contributed by atoms with Gasteiger partial charge in [0.15, 0.2) is 6.29 Å². The van der Waals surface area contributed by atoms with Crippen molar-refractivity contribution in [3.05, 3.63) is 0 Å². The third-order valence-corrected chi connectivity index (χ3v) is 3.34. The zero-order chi connectivity index (χ0) is 15.1. The Morgan fingerprint density at radius 1 is 1.30 bits per heavy atom. The lowest BCUT2D eigenvalue weighted by Crippen LogP contribution is -2.63. The number of aliphatic hydroxyl groups excluding tert-OH is 2. The van der Waals surface area contributed by atoms with E-state index in [1.807, 2.05) is 0 Å². The average molecular weight is 290 g/mol. The summed E-state index contributed by atoms with van der Waals surface area (Å²) >= 11 is 0. The molecule has 0 aromatic heterocycles. The number of carbonyl (C=O) groups is 1. The van der Waals surface area contributed by atoms with Gasteiger partial charge in [0.2, 0.25) is 5.91 Å². The second kappa shape index (κ2) is 8.53. The summed E-state index contributed by atoms with van der Waals surface area (Å²) in [5.74, 6) is -0.309. The van der Waals surface area contributed by atoms with Crippen LogP contribution in [-0.4, -0.2) is 59.9 Å². The van der Waals surface area contributed by atoms with Crippen molar-refractivity contribution in [3.8, 4) is 0 Å². The minimum Gasteiger partial charge on any atom is -0.388 e. The summed E-state index contributed by atoms with van der Waals surface area (Å²) in [5, 5.41) is 22.4. The van der Waals surface area contributed by atoms with Crippen LogP contribution < -0.4 is 11.1 Å². The van der Waals surface area contributed by atoms with E-state index < -0.39 is 30.6 Å². The van der Waals surface area contributed by atoms with Gasteiger partial charge in [-0.2, -0.15) is 0 Å². The maximum Gasteiger partial charge on any atom is 0.217 e. The number of ether oxygens (including phenoxy) is 2. The Kier molecular flexibility index (Phi) is 7.39. The van der Waals surface area contributed by atoms with E-state index in [-0.39, 0.29) is 5.91 Å². The molecule has 2 unspecified atom stereocenters. The average Bonchev–Trinajstić information content (AvgIpc) is 2.40. The molecule has 7 nitrogen and oxygen atoms in total. The van der Waals surface area contributed by atoms with Crippen molar-refractivity contribution in [3.63, 3.8) is 0 Å². The van der Waals surface area contributed by atoms with Crippen LogP contribution in [0.15, 0.2) is 0 Å². The molecule has 0 spiro atoms. The zero-order valence-electron chi connectivity index (χ0n) is 12.1. The molecular weight excluding hydrogens is 264 g/mol. The van der Waals surface area contributed by atoms with Gasteiger partial charge in [-0.1, -0.05) is 0 Å². The Morgan fingerprint density at radius 3 is 2.60 bits per heavy atom. The second-order valence-electron chi connectivity index (χ2n) is 5.14. The van der Waals surface area contributed by atoms with E-state index in [0.29, 0.717) is 13.2 Å². The first kappa shape index (κ1) is 17.3. The summed E-state index contributed by atoms with van der Waals surface area (Å²) < 4.78 is 11.1. The number of amides is 1. The van der Waals surface area contributed by atoms with Crippen LogP contribution >= 0.6 is 0 Å². The number of rotatable bonds is 7. The highest BCUT2D eigenvalue weighted by atomic mass is 16.7. The van der Waals surface area contributed by atoms with Gasteiger partial charge in [-0.3, -0.25) is 4.79 Å². The topological polar surface area (TPSA) is 114 Å². The van der Waals surface area contributed by atoms with Crippen molar-refractivity contribution in [1.29, 1.82) is 0 Å². The van der Waals surface area contributed by atoms with Crippen LogP contribution in [-0.2, 0) is 14.3 Å². The van der Waals surface area contributed by atoms with Gasteiger partial charge in [-0.05, 0) is 32.7 Å². The summed E-state index contributed by atoms with van der Waals surface area (Å²) in [7, 11) is 0. The lowest BCUT2D eigenvalue weighted by molar-refractivity contribution is -0.260. The van der Waals surface area contributed by atoms with Gasteiger partial charge in [-0.25, -0.2) is 0 Å². The fourth-order valence-electron chi connectivity index (χ4n) is 2.18. The number of hydrogen-bond donors (Lipinski definition) is 4. The molecule has 5 N–H and O–H groups in total. The standard InChI is InChI=1S/C13H26N2O5/c1-8-11(17)12(18)10(15-9(2)16)13(20-8)19-7-5-3-4-6-14/h8,10-13,17-18H,3-7,14H2,1-2H3,(H,15,16)/t8?,10-,11+,12?,13-/m0/s1. The van der Waals surface area contributed by atoms with Gasteiger partial charge in [0.05, 0.1) is 6.10 Å². The van der Waals surface area contributed by atoms with Gasteiger partial charge < -0.3 is 30.7 Å². The largest absolute Gasteiger partial charge is 0.388 e. The Morgan fingerprint density at radius 2 is 2.00 bits per heavy atom. The minimum atomic E-state index is -1.11. The van der Waals surface area contributed by atoms with Crippen LogP contribution in [0.1, 0.15) is 33.1 Å². The molecule has 0 aliphatic carbocycles. The summed E-state index contributed by atoms with van der Waals surface area (Å²) in [5.41, 5.74) is 5.41. The van der Waals surface area contributed by atoms with Gasteiger partial charge in [0, 0.05) is 13.5 Å². The van der Waals surface area contributed by atoms with E-state index in [9.17, 15) is 15.0 Å². The normalized spacial score (nSPS) is 34.0. The van der Waals surface area contributed by atoms with Gasteiger partial charge in [0.1, 0.15) is 18.2 Å². The zero-order valence-corrected chi connectivity index (χ0v) is 12.1. The smallest absolute Gasteiger partial charge is 0.217 e. The highest BCUT2D eigenvalue weighted by molar-refractivity contribution is 5.73. The molecule has 1 aliphatic rings. The molecule has 0 saturated carbocycles. The van der Waals surface area contributed by atoms with Crippen molar-refractivity contribution in [1.82, 2.24) is 5.32 Å². The van der Waals surface area contributed by atoms with Crippen molar-refractivity contribution < 1.29 is 24.5 Å². The Hall–Kier alpha value is -0.730. The predicted octanol–water partition coefficient (Wildman–Crippen LogP) is -0.897. The van der Waals surface area contributed by atoms with Crippen LogP contribution in [0, 0.1) is 0 Å². The molecular formula is C13H26N2O5. The minimum absolute atomic E-state index is 0.309. The van der Waals surface area contributed by atoms with E-state index in [2.05, 4.69) is 5.32 Å². The molecule has 1 fully saturated rings. The molecule has 1 aliphatic heterocycles. The molecule has 118 valence electrons. The van der Waals surface area contributed by atoms with E-state index in [1.54, 1.807) is 6.92 Å². The van der Waals surface area contributed by atoms with E-state index in [4.69, 9.17) is 15.2 Å². The molecule has 1 rings (SSSR count). The molecule has 0 radical (unpaired) electrons. The number of aliphatic hydroxyl groups is 2. The first-order valence-electron chi connectivity index (χ1n) is 7.07. The fourth-order valence-corrected chi connectivity index (χ4v) is 2.18. The van der Waals surface area contributed by atoms with E-state index in [0.717, 1.165) is 19.3 Å². The van der Waals surface area contributed by atoms with Gasteiger partial charge in [-0.15, -0.1) is 0 Å². The molecule has 0 bridgehead atoms. The van der Waals surface area contributed by atoms with E-state index >= 15 is 0 Å². The Labute approximate surface area is 119 Å². The molecule has 7 heteroatoms. The van der Waals surface area contributed by atoms with Crippen LogP contribution in [0.4, 0.5) is 0 Å². The maximum atomic E-state index is 11.2. The van der Waals surface area contributed by atoms with Crippen molar-refractivity contribution in [2.45, 2.75) is 63.8 Å². The molecule has 0 aromatic rings. The number of unbranched alkanes of at least 4 members (excludes halogenated alkanes) is 2. The third kappa shape index (κ3) is 4.99. The number of carbonyl (C=O) groups excluding carboxylic acids is 1. The van der Waals surface area contributed by atoms with E-state index in [1.165, 1.54) is 6.92 Å². The third-order valence-electron chi connectivity index (χ3n) is 3.34. The first-order chi connectivity index (χ1) is 9.47. The molecule has 1 amide bonds. The van der Waals surface area contributed by atoms with Crippen molar-refractivity contribution >= 4 is 5.91 Å². The lowest BCUT2D eigenvalue weighted by Gasteiger charge is -2.41. The van der Waals surface area contributed by atoms with Crippen molar-refractivity contribution in [2.75, 3.05) is 13.2 Å². The number of nitrogens with one attached hydrogen (secondary N) is 1. The van der Waals surface area contributed by atoms with Crippen LogP contribution in [0.3, 0.4) is 0 Å². The summed E-state index contributed by atoms with van der Waals surface area (Å²) in [4.78, 5) is 11.2. The number of nitrogens with two attached hydrogens (primary N) is 1. The molecule has 20 heavy (non-hydrogen) atoms. The highest BCUT2D eigenvalue weighted by Gasteiger charge is 2.43. The molecule has 1 heterocycles. The summed E-state index contributed by atoms with van der Waals surface area (Å²) in [6.07, 6.45) is -0.761. The first-order valence-corrected chi connectivity index (χ1v) is 7.07. The Balaban J connectivity index is 2.52. The summed E-state index contributed by atoms with van der Waals surface area (Å²) in [6, 6.07) is -0.770. The molecule has 5 atom stereocenters. The van der Waals surface area contributed by atoms with Gasteiger partial charge in [0.25, 0.3) is 0 Å². The lowest BCUT2D eigenvalue weighted by atomic mass is 9.97. The SMILES string of the molecule is CC(=O)N[C@H]1C(O)[C@H](O)C(C)O[C@@H]1OCCCCCN. The maximum absolute atomic E-state index is 11.2. The van der Waals surface area contributed by atoms with Crippen molar-refractivity contribution in [2.24, 2.45) is 5.73 Å². The van der Waals surface area contributed by atoms with Crippen LogP contribution in [0.2, 0.25) is 0 Å². The Bertz CT molecular complexity index is 302. The highest BCUT2D eigenvalue weighted by Crippen LogP contribution is 2.22. The monoisotopic (exact) mass is 290 g/mol. The predicted molar refractivity (Wildman–Crippen MR) is 72.8 cm³/mol. The fraction of sp³-hybridized carbons (Fsp3) is 0.923. The van der Waals surface area contributed by atoms with Gasteiger partial charge >= 0.3 is 0 Å².